The predicted molar refractivity (Wildman–Crippen MR) is 121 cm³/mol. The van der Waals surface area contributed by atoms with Crippen LogP contribution in [0.5, 0.6) is 0 Å². The number of carbonyl (C=O) groups is 1. The molecule has 1 aromatic carbocycles. The molecule has 6 nitrogen and oxygen atoms in total. The quantitative estimate of drug-likeness (QED) is 0.653. The summed E-state index contributed by atoms with van der Waals surface area (Å²) in [5.41, 5.74) is 1.07. The number of aromatic nitrogens is 2. The van der Waals surface area contributed by atoms with Crippen LogP contribution in [0, 0.1) is 0 Å². The van der Waals surface area contributed by atoms with Crippen LogP contribution in [0.1, 0.15) is 32.1 Å². The van der Waals surface area contributed by atoms with Crippen molar-refractivity contribution in [1.29, 1.82) is 0 Å². The second-order valence-corrected chi connectivity index (χ2v) is 9.38. The van der Waals surface area contributed by atoms with Crippen molar-refractivity contribution >= 4 is 29.3 Å². The fraction of sp³-hybridized carbons (Fsp3) is 0.545. The van der Waals surface area contributed by atoms with Crippen LogP contribution in [0.15, 0.2) is 41.8 Å². The number of nitrogens with one attached hydrogen (secondary N) is 1. The van der Waals surface area contributed by atoms with E-state index in [2.05, 4.69) is 15.2 Å². The van der Waals surface area contributed by atoms with Crippen molar-refractivity contribution < 1.29 is 9.53 Å². The fourth-order valence-corrected chi connectivity index (χ4v) is 5.42. The first kappa shape index (κ1) is 21.7. The number of morpholine rings is 1. The number of ether oxygens (including phenoxy) is 1. The van der Waals surface area contributed by atoms with E-state index < -0.39 is 0 Å². The van der Waals surface area contributed by atoms with Gasteiger partial charge in [-0.1, -0.05) is 42.6 Å². The smallest absolute Gasteiger partial charge is 0.230 e. The number of halogens is 1. The average Bonchev–Trinajstić information content (AvgIpc) is 3.27. The van der Waals surface area contributed by atoms with Crippen molar-refractivity contribution in [2.75, 3.05) is 38.6 Å². The Morgan fingerprint density at radius 1 is 1.17 bits per heavy atom. The zero-order valence-electron chi connectivity index (χ0n) is 17.2. The molecule has 0 spiro atoms. The maximum absolute atomic E-state index is 12.7. The van der Waals surface area contributed by atoms with E-state index in [4.69, 9.17) is 16.3 Å². The Bertz CT molecular complexity index is 830. The molecule has 1 saturated heterocycles. The second kappa shape index (κ2) is 10.2. The monoisotopic (exact) mass is 448 g/mol. The molecule has 30 heavy (non-hydrogen) atoms. The van der Waals surface area contributed by atoms with Gasteiger partial charge in [0, 0.05) is 48.3 Å². The zero-order chi connectivity index (χ0) is 20.8. The van der Waals surface area contributed by atoms with Gasteiger partial charge in [0.15, 0.2) is 5.16 Å². The van der Waals surface area contributed by atoms with E-state index in [1.807, 2.05) is 35.0 Å². The zero-order valence-corrected chi connectivity index (χ0v) is 18.8. The molecular formula is C22H29ClN4O2S. The van der Waals surface area contributed by atoms with E-state index in [1.54, 1.807) is 6.20 Å². The Labute approximate surface area is 187 Å². The molecule has 1 amide bonds. The van der Waals surface area contributed by atoms with Gasteiger partial charge in [-0.05, 0) is 37.1 Å². The standard InChI is InChI=1S/C22H29ClN4O2S/c23-18-4-6-19(7-5-18)27-11-10-24-21(27)30-16-20(28)25-17-22(8-2-1-3-9-22)26-12-14-29-15-13-26/h4-7,10-11H,1-3,8-9,12-17H2,(H,25,28). The lowest BCUT2D eigenvalue weighted by atomic mass is 9.79. The molecule has 1 N–H and O–H groups in total. The highest BCUT2D eigenvalue weighted by atomic mass is 35.5. The Hall–Kier alpha value is -1.54. The molecule has 0 radical (unpaired) electrons. The number of thioether (sulfide) groups is 1. The summed E-state index contributed by atoms with van der Waals surface area (Å²) in [6.45, 7) is 4.22. The van der Waals surface area contributed by atoms with Gasteiger partial charge in [-0.3, -0.25) is 14.3 Å². The summed E-state index contributed by atoms with van der Waals surface area (Å²) < 4.78 is 7.52. The topological polar surface area (TPSA) is 59.4 Å². The normalized spacial score (nSPS) is 19.5. The maximum Gasteiger partial charge on any atom is 0.230 e. The number of hydrogen-bond acceptors (Lipinski definition) is 5. The Morgan fingerprint density at radius 3 is 2.63 bits per heavy atom. The largest absolute Gasteiger partial charge is 0.379 e. The van der Waals surface area contributed by atoms with Crippen LogP contribution in [0.4, 0.5) is 0 Å². The summed E-state index contributed by atoms with van der Waals surface area (Å²) in [5, 5.41) is 4.72. The highest BCUT2D eigenvalue weighted by molar-refractivity contribution is 7.99. The SMILES string of the molecule is O=C(CSc1nccn1-c1ccc(Cl)cc1)NCC1(N2CCOCC2)CCCCC1. The van der Waals surface area contributed by atoms with Gasteiger partial charge < -0.3 is 10.1 Å². The number of rotatable bonds is 7. The Balaban J connectivity index is 1.33. The van der Waals surface area contributed by atoms with Gasteiger partial charge in [0.1, 0.15) is 0 Å². The van der Waals surface area contributed by atoms with Crippen LogP contribution >= 0.6 is 23.4 Å². The molecule has 2 heterocycles. The third kappa shape index (κ3) is 5.19. The van der Waals surface area contributed by atoms with Gasteiger partial charge in [-0.25, -0.2) is 4.98 Å². The predicted octanol–water partition coefficient (Wildman–Crippen LogP) is 3.77. The van der Waals surface area contributed by atoms with Crippen molar-refractivity contribution in [2.24, 2.45) is 0 Å². The molecule has 1 saturated carbocycles. The highest BCUT2D eigenvalue weighted by Gasteiger charge is 2.38. The molecule has 1 aromatic heterocycles. The molecule has 8 heteroatoms. The van der Waals surface area contributed by atoms with Crippen LogP contribution < -0.4 is 5.32 Å². The number of benzene rings is 1. The molecule has 2 aliphatic rings. The van der Waals surface area contributed by atoms with E-state index in [9.17, 15) is 4.79 Å². The summed E-state index contributed by atoms with van der Waals surface area (Å²) in [7, 11) is 0. The summed E-state index contributed by atoms with van der Waals surface area (Å²) in [4.78, 5) is 19.6. The van der Waals surface area contributed by atoms with Gasteiger partial charge in [0.05, 0.1) is 19.0 Å². The molecule has 162 valence electrons. The third-order valence-electron chi connectivity index (χ3n) is 6.12. The van der Waals surface area contributed by atoms with Crippen LogP contribution in [0.2, 0.25) is 5.02 Å². The van der Waals surface area contributed by atoms with Gasteiger partial charge >= 0.3 is 0 Å². The van der Waals surface area contributed by atoms with E-state index in [-0.39, 0.29) is 11.4 Å². The minimum absolute atomic E-state index is 0.0591. The van der Waals surface area contributed by atoms with E-state index in [0.717, 1.165) is 56.5 Å². The molecule has 1 aliphatic heterocycles. The number of carbonyl (C=O) groups excluding carboxylic acids is 1. The van der Waals surface area contributed by atoms with Crippen molar-refractivity contribution in [3.05, 3.63) is 41.7 Å². The highest BCUT2D eigenvalue weighted by Crippen LogP contribution is 2.34. The molecule has 2 fully saturated rings. The summed E-state index contributed by atoms with van der Waals surface area (Å²) in [5.74, 6) is 0.410. The first-order valence-corrected chi connectivity index (χ1v) is 12.0. The molecule has 0 unspecified atom stereocenters. The first-order valence-electron chi connectivity index (χ1n) is 10.7. The van der Waals surface area contributed by atoms with Crippen molar-refractivity contribution in [1.82, 2.24) is 19.8 Å². The minimum Gasteiger partial charge on any atom is -0.379 e. The molecule has 2 aromatic rings. The molecule has 4 rings (SSSR count). The molecule has 0 atom stereocenters. The van der Waals surface area contributed by atoms with E-state index in [0.29, 0.717) is 10.8 Å². The molecular weight excluding hydrogens is 420 g/mol. The molecule has 1 aliphatic carbocycles. The number of amides is 1. The summed E-state index contributed by atoms with van der Waals surface area (Å²) in [6.07, 6.45) is 9.73. The van der Waals surface area contributed by atoms with Gasteiger partial charge in [-0.2, -0.15) is 0 Å². The van der Waals surface area contributed by atoms with Crippen LogP contribution in [-0.2, 0) is 9.53 Å². The van der Waals surface area contributed by atoms with Gasteiger partial charge in [0.2, 0.25) is 5.91 Å². The van der Waals surface area contributed by atoms with E-state index >= 15 is 0 Å². The average molecular weight is 449 g/mol. The summed E-state index contributed by atoms with van der Waals surface area (Å²) in [6, 6.07) is 7.60. The third-order valence-corrected chi connectivity index (χ3v) is 7.34. The van der Waals surface area contributed by atoms with Crippen molar-refractivity contribution in [3.63, 3.8) is 0 Å². The maximum atomic E-state index is 12.7. The van der Waals surface area contributed by atoms with Crippen LogP contribution in [0.3, 0.4) is 0 Å². The lowest BCUT2D eigenvalue weighted by Crippen LogP contribution is -2.59. The molecule has 0 bridgehead atoms. The fourth-order valence-electron chi connectivity index (χ4n) is 4.49. The van der Waals surface area contributed by atoms with Crippen LogP contribution in [0.25, 0.3) is 5.69 Å². The lowest BCUT2D eigenvalue weighted by molar-refractivity contribution is -0.119. The lowest BCUT2D eigenvalue weighted by Gasteiger charge is -2.48. The minimum atomic E-state index is 0.0591. The second-order valence-electron chi connectivity index (χ2n) is 8.01. The number of imidazole rings is 1. The van der Waals surface area contributed by atoms with Crippen molar-refractivity contribution in [3.8, 4) is 5.69 Å². The van der Waals surface area contributed by atoms with Crippen LogP contribution in [-0.4, -0.2) is 64.5 Å². The number of hydrogen-bond donors (Lipinski definition) is 1. The van der Waals surface area contributed by atoms with Gasteiger partial charge in [-0.15, -0.1) is 0 Å². The first-order chi connectivity index (χ1) is 14.7. The Morgan fingerprint density at radius 2 is 1.90 bits per heavy atom. The number of nitrogens with zero attached hydrogens (tertiary/aromatic N) is 3. The van der Waals surface area contributed by atoms with E-state index in [1.165, 1.54) is 31.0 Å². The van der Waals surface area contributed by atoms with Crippen molar-refractivity contribution in [2.45, 2.75) is 42.8 Å². The Kier molecular flexibility index (Phi) is 7.36. The summed E-state index contributed by atoms with van der Waals surface area (Å²) >= 11 is 7.44. The van der Waals surface area contributed by atoms with Gasteiger partial charge in [0.25, 0.3) is 0 Å².